The summed E-state index contributed by atoms with van der Waals surface area (Å²) in [4.78, 5) is 1.60. The zero-order valence-electron chi connectivity index (χ0n) is 7.55. The predicted octanol–water partition coefficient (Wildman–Crippen LogP) is -1.43. The molecule has 0 N–H and O–H groups in total. The van der Waals surface area contributed by atoms with Crippen LogP contribution in [0.5, 0.6) is 0 Å². The molecule has 0 aromatic heterocycles. The molecule has 0 radical (unpaired) electrons. The predicted molar refractivity (Wildman–Crippen MR) is 45.3 cm³/mol. The molecule has 2 unspecified atom stereocenters. The number of nitrogens with zero attached hydrogens (tertiary/aromatic N) is 1. The van der Waals surface area contributed by atoms with Gasteiger partial charge in [0.15, 0.2) is 0 Å². The molecule has 0 spiro atoms. The normalized spacial score (nSPS) is 33.5. The first-order valence-corrected chi connectivity index (χ1v) is 5.16. The van der Waals surface area contributed by atoms with Crippen molar-refractivity contribution >= 4 is 18.7 Å². The maximum absolute atomic E-state index is 12.0. The molecule has 0 saturated carbocycles. The van der Waals surface area contributed by atoms with Crippen molar-refractivity contribution in [1.29, 1.82) is 0 Å². The van der Waals surface area contributed by atoms with Gasteiger partial charge in [0, 0.05) is 23.6 Å². The summed E-state index contributed by atoms with van der Waals surface area (Å²) < 4.78 is 36.1. The molecule has 13 heavy (non-hydrogen) atoms. The van der Waals surface area contributed by atoms with Gasteiger partial charge in [-0.2, -0.15) is 11.8 Å². The Kier molecular flexibility index (Phi) is 4.71. The number of likely N-dealkylation sites (tertiary alicyclic amines) is 1. The van der Waals surface area contributed by atoms with Crippen molar-refractivity contribution in [2.24, 2.45) is 0 Å². The molecule has 2 fully saturated rings. The average molecular weight is 235 g/mol. The Morgan fingerprint density at radius 2 is 2.08 bits per heavy atom. The van der Waals surface area contributed by atoms with Gasteiger partial charge in [0.2, 0.25) is 0 Å². The van der Waals surface area contributed by atoms with Gasteiger partial charge >= 0.3 is 58.4 Å². The van der Waals surface area contributed by atoms with Crippen molar-refractivity contribution in [3.05, 3.63) is 0 Å². The van der Waals surface area contributed by atoms with Gasteiger partial charge in [0.1, 0.15) is 0 Å². The Bertz CT molecular complexity index is 191. The largest absolute Gasteiger partial charge is 1.00 e. The van der Waals surface area contributed by atoms with E-state index in [2.05, 4.69) is 0 Å². The summed E-state index contributed by atoms with van der Waals surface area (Å²) in [6.07, 6.45) is 0.318. The van der Waals surface area contributed by atoms with Gasteiger partial charge < -0.3 is 17.8 Å². The molecule has 0 amide bonds. The van der Waals surface area contributed by atoms with E-state index in [0.717, 1.165) is 12.2 Å². The van der Waals surface area contributed by atoms with Crippen LogP contribution in [0, 0.1) is 0 Å². The molecule has 2 atom stereocenters. The van der Waals surface area contributed by atoms with Gasteiger partial charge in [0.25, 0.3) is 0 Å². The van der Waals surface area contributed by atoms with E-state index in [-0.39, 0.29) is 57.4 Å². The molecular formula is C6H10BF3KNS. The average Bonchev–Trinajstić information content (AvgIpc) is 2.42. The first-order valence-electron chi connectivity index (χ1n) is 4.11. The monoisotopic (exact) mass is 235 g/mol. The first kappa shape index (κ1) is 12.9. The molecule has 2 aliphatic heterocycles. The van der Waals surface area contributed by atoms with Crippen LogP contribution in [0.1, 0.15) is 6.42 Å². The summed E-state index contributed by atoms with van der Waals surface area (Å²) in [7, 11) is 0. The van der Waals surface area contributed by atoms with E-state index < -0.39 is 13.4 Å². The molecule has 0 aliphatic carbocycles. The Balaban J connectivity index is 0.000000845. The summed E-state index contributed by atoms with van der Waals surface area (Å²) in [6, 6.07) is 0.212. The van der Waals surface area contributed by atoms with Crippen LogP contribution in [-0.2, 0) is 0 Å². The van der Waals surface area contributed by atoms with Gasteiger partial charge in [0.05, 0.1) is 0 Å². The van der Waals surface area contributed by atoms with Crippen LogP contribution < -0.4 is 51.4 Å². The maximum Gasteiger partial charge on any atom is 1.00 e. The third-order valence-corrected chi connectivity index (χ3v) is 3.85. The summed E-state index contributed by atoms with van der Waals surface area (Å²) in [5.74, 6) is 0.900. The zero-order chi connectivity index (χ0) is 8.77. The molecule has 7 heteroatoms. The fourth-order valence-electron chi connectivity index (χ4n) is 1.97. The molecule has 0 aromatic carbocycles. The van der Waals surface area contributed by atoms with Crippen molar-refractivity contribution in [3.63, 3.8) is 0 Å². The van der Waals surface area contributed by atoms with Gasteiger partial charge in [-0.05, 0) is 12.9 Å². The number of fused-ring (bicyclic) bond motifs is 2. The molecule has 2 bridgehead atoms. The Morgan fingerprint density at radius 1 is 1.38 bits per heavy atom. The van der Waals surface area contributed by atoms with Crippen molar-refractivity contribution in [2.45, 2.75) is 17.7 Å². The number of hydrogen-bond acceptors (Lipinski definition) is 2. The van der Waals surface area contributed by atoms with Gasteiger partial charge in [-0.25, -0.2) is 0 Å². The van der Waals surface area contributed by atoms with Crippen LogP contribution in [0.25, 0.3) is 0 Å². The minimum Gasteiger partial charge on any atom is -0.448 e. The Hall–Kier alpha value is 1.80. The van der Waals surface area contributed by atoms with Gasteiger partial charge in [-0.3, -0.25) is 0 Å². The van der Waals surface area contributed by atoms with Crippen LogP contribution in [0.2, 0.25) is 0 Å². The minimum absolute atomic E-state index is 0. The van der Waals surface area contributed by atoms with Gasteiger partial charge in [-0.15, -0.1) is 0 Å². The second-order valence-electron chi connectivity index (χ2n) is 3.51. The molecule has 2 aliphatic rings. The van der Waals surface area contributed by atoms with E-state index >= 15 is 0 Å². The Morgan fingerprint density at radius 3 is 2.46 bits per heavy atom. The minimum atomic E-state index is -4.61. The number of halogens is 3. The fourth-order valence-corrected chi connectivity index (χ4v) is 3.46. The van der Waals surface area contributed by atoms with E-state index in [9.17, 15) is 12.9 Å². The van der Waals surface area contributed by atoms with E-state index in [0.29, 0.717) is 11.8 Å². The van der Waals surface area contributed by atoms with E-state index in [4.69, 9.17) is 0 Å². The van der Waals surface area contributed by atoms with E-state index in [1.165, 1.54) is 0 Å². The Labute approximate surface area is 123 Å². The topological polar surface area (TPSA) is 3.24 Å². The quantitative estimate of drug-likeness (QED) is 0.540. The van der Waals surface area contributed by atoms with Gasteiger partial charge in [-0.1, -0.05) is 0 Å². The second kappa shape index (κ2) is 4.76. The van der Waals surface area contributed by atoms with Crippen LogP contribution in [-0.4, -0.2) is 41.9 Å². The zero-order valence-corrected chi connectivity index (χ0v) is 11.5. The molecular weight excluding hydrogens is 225 g/mol. The standard InChI is InChI=1S/C6H10BF3NS.K/c8-7(9,10)4-11-2-6-1-5(11)3-12-6;/h5-6H,1-4H2;/q-1;+1. The fraction of sp³-hybridized carbons (Fsp3) is 1.00. The summed E-state index contributed by atoms with van der Waals surface area (Å²) >= 11 is 1.82. The maximum atomic E-state index is 12.0. The van der Waals surface area contributed by atoms with Crippen LogP contribution in [0.3, 0.4) is 0 Å². The van der Waals surface area contributed by atoms with Crippen molar-refractivity contribution < 1.29 is 64.3 Å². The molecule has 1 nitrogen and oxygen atoms in total. The summed E-state index contributed by atoms with van der Waals surface area (Å²) in [6.45, 7) is -3.97. The SMILES string of the molecule is F[B-](F)(F)CN1CC2CC1CS2.[K+]. The molecule has 0 aromatic rings. The third-order valence-electron chi connectivity index (χ3n) is 2.46. The van der Waals surface area contributed by atoms with Crippen molar-refractivity contribution in [3.8, 4) is 0 Å². The van der Waals surface area contributed by atoms with Crippen molar-refractivity contribution in [1.82, 2.24) is 4.90 Å². The first-order chi connectivity index (χ1) is 5.54. The summed E-state index contributed by atoms with van der Waals surface area (Å²) in [5.41, 5.74) is 0. The van der Waals surface area contributed by atoms with Crippen LogP contribution in [0.4, 0.5) is 12.9 Å². The molecule has 70 valence electrons. The molecule has 2 rings (SSSR count). The third kappa shape index (κ3) is 3.39. The van der Waals surface area contributed by atoms with E-state index in [1.807, 2.05) is 11.8 Å². The van der Waals surface area contributed by atoms with Crippen LogP contribution in [0.15, 0.2) is 0 Å². The summed E-state index contributed by atoms with van der Waals surface area (Å²) in [5, 5.41) is 0.480. The molecule has 2 heterocycles. The number of thioether (sulfide) groups is 1. The van der Waals surface area contributed by atoms with E-state index in [1.54, 1.807) is 4.90 Å². The van der Waals surface area contributed by atoms with Crippen molar-refractivity contribution in [2.75, 3.05) is 18.7 Å². The molecule has 2 saturated heterocycles. The number of rotatable bonds is 2. The second-order valence-corrected chi connectivity index (χ2v) is 4.84. The number of hydrogen-bond donors (Lipinski definition) is 0. The van der Waals surface area contributed by atoms with Crippen LogP contribution >= 0.6 is 11.8 Å². The smallest absolute Gasteiger partial charge is 0.448 e.